The monoisotopic (exact) mass is 565 g/mol. The standard InChI is InChI=1S/C19H23N5O.2C2HF3O2/c1-22(2)13-17-10-19(25)24-8-4-7-23(14-18(24)21-17)12-16-6-3-5-15(9-16)11-20;2*3-2(4,5)1(6)7/h3,5-6,9-10H,4,7-8,12-14H2,1-2H3;2*(H,6,7). The van der Waals surface area contributed by atoms with E-state index in [0.29, 0.717) is 25.2 Å². The molecule has 16 heteroatoms. The lowest BCUT2D eigenvalue weighted by molar-refractivity contribution is -0.193. The topological polar surface area (TPSA) is 140 Å². The highest BCUT2D eigenvalue weighted by Gasteiger charge is 2.38. The van der Waals surface area contributed by atoms with Crippen LogP contribution in [0.4, 0.5) is 26.3 Å². The maximum absolute atomic E-state index is 12.4. The molecule has 0 unspecified atom stereocenters. The molecule has 0 amide bonds. The van der Waals surface area contributed by atoms with E-state index in [9.17, 15) is 31.1 Å². The third kappa shape index (κ3) is 12.0. The van der Waals surface area contributed by atoms with E-state index in [4.69, 9.17) is 30.0 Å². The lowest BCUT2D eigenvalue weighted by atomic mass is 10.1. The molecule has 2 aromatic rings. The Morgan fingerprint density at radius 3 is 2.10 bits per heavy atom. The van der Waals surface area contributed by atoms with E-state index in [1.807, 2.05) is 43.3 Å². The minimum absolute atomic E-state index is 0.0372. The van der Waals surface area contributed by atoms with Gasteiger partial charge in [-0.3, -0.25) is 14.3 Å². The lowest BCUT2D eigenvalue weighted by Gasteiger charge is -2.20. The van der Waals surface area contributed by atoms with Crippen LogP contribution in [0.25, 0.3) is 0 Å². The third-order valence-corrected chi connectivity index (χ3v) is 4.79. The highest BCUT2D eigenvalue weighted by atomic mass is 19.4. The van der Waals surface area contributed by atoms with Crippen LogP contribution in [0.1, 0.15) is 29.1 Å². The number of carboxylic acid groups (broad SMARTS) is 2. The van der Waals surface area contributed by atoms with Crippen molar-refractivity contribution in [3.8, 4) is 6.07 Å². The normalized spacial score (nSPS) is 13.5. The highest BCUT2D eigenvalue weighted by Crippen LogP contribution is 2.15. The summed E-state index contributed by atoms with van der Waals surface area (Å²) in [5, 5.41) is 23.3. The second-order valence-electron chi connectivity index (χ2n) is 8.37. The average Bonchev–Trinajstić information content (AvgIpc) is 3.00. The molecule has 1 aromatic heterocycles. The Balaban J connectivity index is 0.000000449. The number of alkyl halides is 6. The fraction of sp³-hybridized carbons (Fsp3) is 0.435. The van der Waals surface area contributed by atoms with E-state index in [-0.39, 0.29) is 5.56 Å². The summed E-state index contributed by atoms with van der Waals surface area (Å²) in [5.41, 5.74) is 2.64. The Labute approximate surface area is 218 Å². The van der Waals surface area contributed by atoms with Gasteiger partial charge in [0.15, 0.2) is 0 Å². The molecule has 2 heterocycles. The number of hydrogen-bond acceptors (Lipinski definition) is 7. The van der Waals surface area contributed by atoms with E-state index >= 15 is 0 Å². The molecule has 1 aliphatic heterocycles. The molecule has 39 heavy (non-hydrogen) atoms. The number of aliphatic carboxylic acids is 2. The number of fused-ring (bicyclic) bond motifs is 1. The van der Waals surface area contributed by atoms with Crippen molar-refractivity contribution < 1.29 is 46.1 Å². The van der Waals surface area contributed by atoms with Gasteiger partial charge in [-0.05, 0) is 38.2 Å². The van der Waals surface area contributed by atoms with Crippen LogP contribution in [0, 0.1) is 11.3 Å². The van der Waals surface area contributed by atoms with Crippen LogP contribution in [-0.4, -0.2) is 74.5 Å². The zero-order valence-electron chi connectivity index (χ0n) is 20.8. The largest absolute Gasteiger partial charge is 0.490 e. The van der Waals surface area contributed by atoms with Crippen LogP contribution in [0.15, 0.2) is 35.1 Å². The Hall–Kier alpha value is -3.97. The first-order chi connectivity index (χ1) is 17.9. The van der Waals surface area contributed by atoms with Gasteiger partial charge in [0.1, 0.15) is 5.82 Å². The van der Waals surface area contributed by atoms with Gasteiger partial charge in [0, 0.05) is 32.2 Å². The Morgan fingerprint density at radius 2 is 1.62 bits per heavy atom. The van der Waals surface area contributed by atoms with E-state index in [1.165, 1.54) is 0 Å². The summed E-state index contributed by atoms with van der Waals surface area (Å²) in [7, 11) is 3.94. The number of nitrogens with zero attached hydrogens (tertiary/aromatic N) is 5. The van der Waals surface area contributed by atoms with E-state index in [1.54, 1.807) is 10.6 Å². The summed E-state index contributed by atoms with van der Waals surface area (Å²) in [4.78, 5) is 39.2. The fourth-order valence-electron chi connectivity index (χ4n) is 3.23. The Bertz CT molecular complexity index is 1210. The van der Waals surface area contributed by atoms with Crippen molar-refractivity contribution in [2.24, 2.45) is 0 Å². The molecule has 0 bridgehead atoms. The van der Waals surface area contributed by atoms with Gasteiger partial charge < -0.3 is 15.1 Å². The fourth-order valence-corrected chi connectivity index (χ4v) is 3.23. The van der Waals surface area contributed by atoms with E-state index in [2.05, 4.69) is 11.0 Å². The number of hydrogen-bond donors (Lipinski definition) is 2. The van der Waals surface area contributed by atoms with Crippen LogP contribution in [-0.2, 0) is 35.8 Å². The second kappa shape index (κ2) is 14.3. The van der Waals surface area contributed by atoms with Crippen molar-refractivity contribution in [1.29, 1.82) is 5.26 Å². The third-order valence-electron chi connectivity index (χ3n) is 4.79. The molecule has 0 radical (unpaired) electrons. The van der Waals surface area contributed by atoms with Crippen LogP contribution in [0.3, 0.4) is 0 Å². The van der Waals surface area contributed by atoms with Gasteiger partial charge in [0.25, 0.3) is 5.56 Å². The summed E-state index contributed by atoms with van der Waals surface area (Å²) in [6.45, 7) is 3.67. The molecular formula is C23H25F6N5O5. The molecule has 0 saturated heterocycles. The first kappa shape index (κ1) is 33.1. The molecule has 2 N–H and O–H groups in total. The molecule has 1 aromatic carbocycles. The number of nitriles is 1. The summed E-state index contributed by atoms with van der Waals surface area (Å²) in [5.74, 6) is -4.68. The lowest BCUT2D eigenvalue weighted by Crippen LogP contribution is -2.28. The number of carboxylic acids is 2. The number of halogens is 6. The minimum Gasteiger partial charge on any atom is -0.475 e. The molecule has 1 aliphatic rings. The SMILES string of the molecule is CN(C)Cc1cc(=O)n2c(n1)CN(Cc1cccc(C#N)c1)CCC2.O=C(O)C(F)(F)F.O=C(O)C(F)(F)F. The predicted molar refractivity (Wildman–Crippen MR) is 123 cm³/mol. The quantitative estimate of drug-likeness (QED) is 0.536. The number of benzene rings is 1. The van der Waals surface area contributed by atoms with Gasteiger partial charge in [-0.1, -0.05) is 12.1 Å². The van der Waals surface area contributed by atoms with Gasteiger partial charge in [0.05, 0.1) is 23.9 Å². The smallest absolute Gasteiger partial charge is 0.475 e. The van der Waals surface area contributed by atoms with Gasteiger partial charge in [-0.2, -0.15) is 31.6 Å². The summed E-state index contributed by atoms with van der Waals surface area (Å²) in [6.07, 6.45) is -9.25. The number of carbonyl (C=O) groups is 2. The molecule has 0 fully saturated rings. The van der Waals surface area contributed by atoms with Crippen molar-refractivity contribution >= 4 is 11.9 Å². The molecule has 214 valence electrons. The molecule has 10 nitrogen and oxygen atoms in total. The summed E-state index contributed by atoms with van der Waals surface area (Å²) in [6, 6.07) is 11.5. The maximum atomic E-state index is 12.4. The molecular weight excluding hydrogens is 540 g/mol. The van der Waals surface area contributed by atoms with Crippen LogP contribution in [0.5, 0.6) is 0 Å². The zero-order chi connectivity index (χ0) is 30.0. The maximum Gasteiger partial charge on any atom is 0.490 e. The van der Waals surface area contributed by atoms with E-state index < -0.39 is 24.3 Å². The second-order valence-corrected chi connectivity index (χ2v) is 8.37. The van der Waals surface area contributed by atoms with Gasteiger partial charge in [-0.15, -0.1) is 0 Å². The molecule has 0 aliphatic carbocycles. The molecule has 0 spiro atoms. The van der Waals surface area contributed by atoms with Crippen molar-refractivity contribution in [3.63, 3.8) is 0 Å². The first-order valence-electron chi connectivity index (χ1n) is 11.0. The van der Waals surface area contributed by atoms with Gasteiger partial charge in [0.2, 0.25) is 0 Å². The van der Waals surface area contributed by atoms with E-state index in [0.717, 1.165) is 36.6 Å². The van der Waals surface area contributed by atoms with Crippen molar-refractivity contribution in [2.75, 3.05) is 20.6 Å². The van der Waals surface area contributed by atoms with Gasteiger partial charge in [-0.25, -0.2) is 14.6 Å². The average molecular weight is 565 g/mol. The minimum atomic E-state index is -5.08. The van der Waals surface area contributed by atoms with Gasteiger partial charge >= 0.3 is 24.3 Å². The number of rotatable bonds is 4. The zero-order valence-corrected chi connectivity index (χ0v) is 20.8. The number of aromatic nitrogens is 2. The van der Waals surface area contributed by atoms with Crippen molar-refractivity contribution in [1.82, 2.24) is 19.4 Å². The molecule has 0 atom stereocenters. The summed E-state index contributed by atoms with van der Waals surface area (Å²) >= 11 is 0. The van der Waals surface area contributed by atoms with Crippen LogP contribution < -0.4 is 5.56 Å². The highest BCUT2D eigenvalue weighted by molar-refractivity contribution is 5.73. The van der Waals surface area contributed by atoms with Crippen molar-refractivity contribution in [3.05, 3.63) is 63.3 Å². The Morgan fingerprint density at radius 1 is 1.05 bits per heavy atom. The van der Waals surface area contributed by atoms with Crippen LogP contribution in [0.2, 0.25) is 0 Å². The molecule has 3 rings (SSSR count). The van der Waals surface area contributed by atoms with Crippen LogP contribution >= 0.6 is 0 Å². The Kier molecular flexibility index (Phi) is 12.1. The molecule has 0 saturated carbocycles. The first-order valence-corrected chi connectivity index (χ1v) is 11.0. The van der Waals surface area contributed by atoms with Crippen molar-refractivity contribution in [2.45, 2.75) is 45.0 Å². The predicted octanol–water partition coefficient (Wildman–Crippen LogP) is 2.85. The summed E-state index contributed by atoms with van der Waals surface area (Å²) < 4.78 is 65.3.